The lowest BCUT2D eigenvalue weighted by molar-refractivity contribution is -0.140. The number of amides is 2. The van der Waals surface area contributed by atoms with Gasteiger partial charge < -0.3 is 14.5 Å². The Hall–Kier alpha value is -1.10. The molecule has 3 fully saturated rings. The first-order valence-corrected chi connectivity index (χ1v) is 8.17. The van der Waals surface area contributed by atoms with Crippen molar-refractivity contribution in [3.05, 3.63) is 5.92 Å². The molecule has 2 amide bonds. The van der Waals surface area contributed by atoms with Crippen LogP contribution in [0, 0.1) is 11.8 Å². The van der Waals surface area contributed by atoms with Crippen LogP contribution < -0.4 is 0 Å². The van der Waals surface area contributed by atoms with E-state index in [0.717, 1.165) is 25.7 Å². The molecule has 0 aromatic carbocycles. The number of hydrogen-bond acceptors (Lipinski definition) is 3. The molecule has 5 nitrogen and oxygen atoms in total. The molecule has 0 atom stereocenters. The van der Waals surface area contributed by atoms with Crippen molar-refractivity contribution in [2.75, 3.05) is 33.4 Å². The van der Waals surface area contributed by atoms with Crippen LogP contribution in [0.3, 0.4) is 0 Å². The van der Waals surface area contributed by atoms with E-state index in [1.165, 1.54) is 6.42 Å². The summed E-state index contributed by atoms with van der Waals surface area (Å²) in [6.45, 7) is 2.37. The summed E-state index contributed by atoms with van der Waals surface area (Å²) in [6.07, 6.45) is 6.35. The van der Waals surface area contributed by atoms with Gasteiger partial charge in [-0.1, -0.05) is 19.3 Å². The quantitative estimate of drug-likeness (QED) is 0.716. The molecule has 0 N–H and O–H groups in total. The zero-order valence-corrected chi connectivity index (χ0v) is 12.8. The maximum atomic E-state index is 12.7. The molecule has 2 aliphatic carbocycles. The van der Waals surface area contributed by atoms with Gasteiger partial charge in [-0.25, -0.2) is 0 Å². The Bertz CT molecular complexity index is 398. The van der Waals surface area contributed by atoms with Crippen LogP contribution in [0.25, 0.3) is 0 Å². The van der Waals surface area contributed by atoms with Crippen LogP contribution in [0.2, 0.25) is 0 Å². The molecule has 0 bridgehead atoms. The first-order valence-electron chi connectivity index (χ1n) is 8.17. The van der Waals surface area contributed by atoms with Crippen molar-refractivity contribution in [2.45, 2.75) is 44.6 Å². The Morgan fingerprint density at radius 1 is 1.14 bits per heavy atom. The fraction of sp³-hybridized carbons (Fsp3) is 0.812. The van der Waals surface area contributed by atoms with E-state index < -0.39 is 0 Å². The molecule has 5 heteroatoms. The number of rotatable bonds is 5. The highest BCUT2D eigenvalue weighted by Gasteiger charge is 2.40. The fourth-order valence-electron chi connectivity index (χ4n) is 3.05. The van der Waals surface area contributed by atoms with Gasteiger partial charge in [0.15, 0.2) is 5.92 Å². The fourth-order valence-corrected chi connectivity index (χ4v) is 3.05. The molecular formula is C16H25N2O3. The highest BCUT2D eigenvalue weighted by molar-refractivity contribution is 6.14. The predicted molar refractivity (Wildman–Crippen MR) is 78.4 cm³/mol. The Balaban J connectivity index is 1.67. The van der Waals surface area contributed by atoms with Crippen LogP contribution in [-0.4, -0.2) is 61.0 Å². The lowest BCUT2D eigenvalue weighted by atomic mass is 9.78. The summed E-state index contributed by atoms with van der Waals surface area (Å²) in [4.78, 5) is 29.0. The minimum absolute atomic E-state index is 0.0408. The summed E-state index contributed by atoms with van der Waals surface area (Å²) in [5.41, 5.74) is 0. The summed E-state index contributed by atoms with van der Waals surface area (Å²) in [5, 5.41) is 0. The second-order valence-corrected chi connectivity index (χ2v) is 6.53. The maximum Gasteiger partial charge on any atom is 0.240 e. The molecule has 0 unspecified atom stereocenters. The van der Waals surface area contributed by atoms with E-state index in [-0.39, 0.29) is 11.8 Å². The molecule has 1 radical (unpaired) electrons. The van der Waals surface area contributed by atoms with Crippen molar-refractivity contribution in [1.29, 1.82) is 0 Å². The number of hydrogen-bond donors (Lipinski definition) is 0. The third-order valence-corrected chi connectivity index (χ3v) is 4.95. The van der Waals surface area contributed by atoms with Crippen molar-refractivity contribution >= 4 is 11.8 Å². The van der Waals surface area contributed by atoms with Gasteiger partial charge in [0.05, 0.1) is 13.2 Å². The minimum atomic E-state index is -0.0531. The van der Waals surface area contributed by atoms with Gasteiger partial charge in [0.1, 0.15) is 0 Å². The lowest BCUT2D eigenvalue weighted by Gasteiger charge is -2.34. The Kier molecular flexibility index (Phi) is 4.48. The van der Waals surface area contributed by atoms with Gasteiger partial charge in [-0.2, -0.15) is 0 Å². The van der Waals surface area contributed by atoms with Gasteiger partial charge in [-0.3, -0.25) is 9.59 Å². The van der Waals surface area contributed by atoms with E-state index in [1.807, 2.05) is 7.05 Å². The minimum Gasteiger partial charge on any atom is -0.378 e. The molecule has 0 aromatic heterocycles. The lowest BCUT2D eigenvalue weighted by Crippen LogP contribution is -2.48. The Morgan fingerprint density at radius 2 is 1.81 bits per heavy atom. The van der Waals surface area contributed by atoms with Crippen molar-refractivity contribution in [2.24, 2.45) is 5.92 Å². The second-order valence-electron chi connectivity index (χ2n) is 6.53. The second kappa shape index (κ2) is 6.34. The predicted octanol–water partition coefficient (Wildman–Crippen LogP) is 1.23. The van der Waals surface area contributed by atoms with Crippen molar-refractivity contribution in [1.82, 2.24) is 9.80 Å². The van der Waals surface area contributed by atoms with Gasteiger partial charge in [0, 0.05) is 26.2 Å². The molecule has 0 spiro atoms. The van der Waals surface area contributed by atoms with Gasteiger partial charge in [-0.15, -0.1) is 0 Å². The molecule has 1 heterocycles. The Labute approximate surface area is 126 Å². The van der Waals surface area contributed by atoms with Gasteiger partial charge in [0.2, 0.25) is 11.8 Å². The summed E-state index contributed by atoms with van der Waals surface area (Å²) in [7, 11) is 1.84. The van der Waals surface area contributed by atoms with Crippen LogP contribution in [0.5, 0.6) is 0 Å². The molecule has 2 saturated carbocycles. The summed E-state index contributed by atoms with van der Waals surface area (Å²) < 4.78 is 5.30. The number of nitrogens with zero attached hydrogens (tertiary/aromatic N) is 2. The van der Waals surface area contributed by atoms with Gasteiger partial charge in [0.25, 0.3) is 0 Å². The molecule has 3 rings (SSSR count). The van der Waals surface area contributed by atoms with Crippen molar-refractivity contribution < 1.29 is 14.3 Å². The van der Waals surface area contributed by atoms with E-state index in [2.05, 4.69) is 0 Å². The average Bonchev–Trinajstić information content (AvgIpc) is 3.30. The number of ether oxygens (including phenoxy) is 1. The van der Waals surface area contributed by atoms with Crippen LogP contribution in [-0.2, 0) is 14.3 Å². The topological polar surface area (TPSA) is 49.9 Å². The first kappa shape index (κ1) is 14.8. The average molecular weight is 293 g/mol. The summed E-state index contributed by atoms with van der Waals surface area (Å²) in [6, 6.07) is 0.353. The summed E-state index contributed by atoms with van der Waals surface area (Å²) in [5.74, 6) is 0.945. The molecule has 3 aliphatic rings. The number of morpholine rings is 1. The van der Waals surface area contributed by atoms with Gasteiger partial charge in [-0.05, 0) is 25.2 Å². The van der Waals surface area contributed by atoms with Crippen LogP contribution in [0.1, 0.15) is 38.5 Å². The number of carbonyl (C=O) groups is 2. The molecule has 0 aromatic rings. The largest absolute Gasteiger partial charge is 0.378 e. The van der Waals surface area contributed by atoms with Crippen LogP contribution >= 0.6 is 0 Å². The van der Waals surface area contributed by atoms with Crippen LogP contribution in [0.15, 0.2) is 0 Å². The standard InChI is InChI=1S/C16H25N2O3/c1-17(13-5-6-13)15(19)14(11-12-3-2-4-12)16(20)18-7-9-21-10-8-18/h12-13H,2-11H2,1H3. The molecule has 117 valence electrons. The molecule has 1 aliphatic heterocycles. The van der Waals surface area contributed by atoms with E-state index in [9.17, 15) is 9.59 Å². The van der Waals surface area contributed by atoms with E-state index in [1.54, 1.807) is 9.80 Å². The molecular weight excluding hydrogens is 268 g/mol. The Morgan fingerprint density at radius 3 is 2.33 bits per heavy atom. The zero-order chi connectivity index (χ0) is 14.8. The summed E-state index contributed by atoms with van der Waals surface area (Å²) >= 11 is 0. The van der Waals surface area contributed by atoms with Crippen molar-refractivity contribution in [3.63, 3.8) is 0 Å². The SMILES string of the molecule is CN(C(=O)[C](CC1CCC1)C(=O)N1CCOCC1)C1CC1. The molecule has 1 saturated heterocycles. The third-order valence-electron chi connectivity index (χ3n) is 4.95. The van der Waals surface area contributed by atoms with Crippen molar-refractivity contribution in [3.8, 4) is 0 Å². The first-order chi connectivity index (χ1) is 10.2. The van der Waals surface area contributed by atoms with Crippen LogP contribution in [0.4, 0.5) is 0 Å². The van der Waals surface area contributed by atoms with E-state index in [0.29, 0.717) is 50.6 Å². The zero-order valence-electron chi connectivity index (χ0n) is 12.8. The normalized spacial score (nSPS) is 23.0. The maximum absolute atomic E-state index is 12.7. The van der Waals surface area contributed by atoms with E-state index in [4.69, 9.17) is 4.74 Å². The monoisotopic (exact) mass is 293 g/mol. The number of carbonyl (C=O) groups excluding carboxylic acids is 2. The van der Waals surface area contributed by atoms with E-state index >= 15 is 0 Å². The third kappa shape index (κ3) is 3.39. The molecule has 21 heavy (non-hydrogen) atoms. The highest BCUT2D eigenvalue weighted by atomic mass is 16.5. The van der Waals surface area contributed by atoms with Gasteiger partial charge >= 0.3 is 0 Å². The smallest absolute Gasteiger partial charge is 0.240 e. The highest BCUT2D eigenvalue weighted by Crippen LogP contribution is 2.35.